The van der Waals surface area contributed by atoms with Gasteiger partial charge in [0.1, 0.15) is 0 Å². The Kier molecular flexibility index (Phi) is 6.71. The van der Waals surface area contributed by atoms with Crippen molar-refractivity contribution in [2.75, 3.05) is 18.8 Å². The fourth-order valence-electron chi connectivity index (χ4n) is 1.87. The first-order valence-electron chi connectivity index (χ1n) is 6.94. The number of nitrogens with two attached hydrogens (primary N) is 1. The van der Waals surface area contributed by atoms with E-state index < -0.39 is 0 Å². The Morgan fingerprint density at radius 2 is 1.79 bits per heavy atom. The van der Waals surface area contributed by atoms with Crippen LogP contribution in [0.15, 0.2) is 18.2 Å². The van der Waals surface area contributed by atoms with Crippen molar-refractivity contribution < 1.29 is 4.79 Å². The lowest BCUT2D eigenvalue weighted by Gasteiger charge is -2.22. The highest BCUT2D eigenvalue weighted by molar-refractivity contribution is 6.33. The predicted octanol–water partition coefficient (Wildman–Crippen LogP) is 3.96. The van der Waals surface area contributed by atoms with Gasteiger partial charge in [0, 0.05) is 18.7 Å². The Balaban J connectivity index is 2.81. The molecule has 0 aliphatic heterocycles. The van der Waals surface area contributed by atoms with Crippen LogP contribution in [0.3, 0.4) is 0 Å². The molecule has 2 N–H and O–H groups in total. The van der Waals surface area contributed by atoms with Crippen molar-refractivity contribution in [3.8, 4) is 0 Å². The second kappa shape index (κ2) is 8.05. The van der Waals surface area contributed by atoms with E-state index in [-0.39, 0.29) is 5.91 Å². The first kappa shape index (κ1) is 15.8. The average molecular weight is 283 g/mol. The zero-order valence-electron chi connectivity index (χ0n) is 11.8. The molecule has 1 rings (SSSR count). The van der Waals surface area contributed by atoms with Gasteiger partial charge in [-0.3, -0.25) is 4.79 Å². The lowest BCUT2D eigenvalue weighted by atomic mass is 10.1. The minimum atomic E-state index is 0.0465. The Labute approximate surface area is 120 Å². The van der Waals surface area contributed by atoms with Gasteiger partial charge in [0.15, 0.2) is 0 Å². The molecule has 0 spiro atoms. The van der Waals surface area contributed by atoms with E-state index in [4.69, 9.17) is 17.3 Å². The van der Waals surface area contributed by atoms with Crippen LogP contribution < -0.4 is 5.73 Å². The second-order valence-electron chi connectivity index (χ2n) is 4.74. The summed E-state index contributed by atoms with van der Waals surface area (Å²) in [5, 5.41) is 0.491. The van der Waals surface area contributed by atoms with Gasteiger partial charge >= 0.3 is 0 Å². The highest BCUT2D eigenvalue weighted by Gasteiger charge is 2.15. The number of benzene rings is 1. The SMILES string of the molecule is CCCCN(CCCC)C(=O)c1ccc(Cl)c(N)c1. The molecule has 0 unspecified atom stereocenters. The number of halogens is 1. The maximum atomic E-state index is 12.4. The van der Waals surface area contributed by atoms with Crippen molar-refractivity contribution in [3.05, 3.63) is 28.8 Å². The van der Waals surface area contributed by atoms with Crippen LogP contribution in [0.1, 0.15) is 49.9 Å². The zero-order chi connectivity index (χ0) is 14.3. The Bertz CT molecular complexity index is 413. The third-order valence-corrected chi connectivity index (χ3v) is 3.44. The van der Waals surface area contributed by atoms with Crippen LogP contribution in [0.25, 0.3) is 0 Å². The lowest BCUT2D eigenvalue weighted by Crippen LogP contribution is -2.33. The van der Waals surface area contributed by atoms with Crippen LogP contribution >= 0.6 is 11.6 Å². The van der Waals surface area contributed by atoms with Gasteiger partial charge in [0.25, 0.3) is 5.91 Å². The number of amides is 1. The van der Waals surface area contributed by atoms with E-state index in [9.17, 15) is 4.79 Å². The minimum Gasteiger partial charge on any atom is -0.398 e. The van der Waals surface area contributed by atoms with Crippen molar-refractivity contribution >= 4 is 23.2 Å². The quantitative estimate of drug-likeness (QED) is 0.769. The molecule has 0 fully saturated rings. The number of nitrogen functional groups attached to an aromatic ring is 1. The van der Waals surface area contributed by atoms with Crippen LogP contribution in [0.4, 0.5) is 5.69 Å². The molecular weight excluding hydrogens is 260 g/mol. The number of rotatable bonds is 7. The van der Waals surface area contributed by atoms with Gasteiger partial charge in [-0.25, -0.2) is 0 Å². The van der Waals surface area contributed by atoms with Gasteiger partial charge in [0.05, 0.1) is 10.7 Å². The Hall–Kier alpha value is -1.22. The summed E-state index contributed by atoms with van der Waals surface area (Å²) in [5.74, 6) is 0.0465. The van der Waals surface area contributed by atoms with Gasteiger partial charge in [-0.1, -0.05) is 38.3 Å². The van der Waals surface area contributed by atoms with Gasteiger partial charge in [-0.2, -0.15) is 0 Å². The van der Waals surface area contributed by atoms with Crippen molar-refractivity contribution in [2.24, 2.45) is 0 Å². The molecule has 106 valence electrons. The molecule has 0 aromatic heterocycles. The molecule has 0 aliphatic rings. The third kappa shape index (κ3) is 4.75. The number of carbonyl (C=O) groups excluding carboxylic acids is 1. The molecule has 19 heavy (non-hydrogen) atoms. The van der Waals surface area contributed by atoms with Crippen LogP contribution in [-0.4, -0.2) is 23.9 Å². The maximum absolute atomic E-state index is 12.4. The molecule has 0 atom stereocenters. The van der Waals surface area contributed by atoms with E-state index in [1.165, 1.54) is 0 Å². The number of anilines is 1. The first-order valence-corrected chi connectivity index (χ1v) is 7.32. The van der Waals surface area contributed by atoms with Gasteiger partial charge in [-0.05, 0) is 31.0 Å². The summed E-state index contributed by atoms with van der Waals surface area (Å²) in [6.45, 7) is 5.86. The molecule has 1 aromatic rings. The highest BCUT2D eigenvalue weighted by atomic mass is 35.5. The second-order valence-corrected chi connectivity index (χ2v) is 5.14. The topological polar surface area (TPSA) is 46.3 Å². The largest absolute Gasteiger partial charge is 0.398 e. The summed E-state index contributed by atoms with van der Waals surface area (Å²) >= 11 is 5.88. The van der Waals surface area contributed by atoms with E-state index in [0.29, 0.717) is 16.3 Å². The molecule has 0 radical (unpaired) electrons. The van der Waals surface area contributed by atoms with Gasteiger partial charge in [0.2, 0.25) is 0 Å². The Morgan fingerprint density at radius 1 is 1.21 bits per heavy atom. The number of hydrogen-bond acceptors (Lipinski definition) is 2. The molecule has 0 bridgehead atoms. The third-order valence-electron chi connectivity index (χ3n) is 3.09. The monoisotopic (exact) mass is 282 g/mol. The van der Waals surface area contributed by atoms with E-state index in [0.717, 1.165) is 38.8 Å². The molecule has 0 heterocycles. The summed E-state index contributed by atoms with van der Waals surface area (Å²) in [4.78, 5) is 14.4. The van der Waals surface area contributed by atoms with E-state index in [2.05, 4.69) is 13.8 Å². The fourth-order valence-corrected chi connectivity index (χ4v) is 1.99. The van der Waals surface area contributed by atoms with Crippen molar-refractivity contribution in [3.63, 3.8) is 0 Å². The molecule has 1 amide bonds. The number of hydrogen-bond donors (Lipinski definition) is 1. The molecule has 0 saturated heterocycles. The fraction of sp³-hybridized carbons (Fsp3) is 0.533. The smallest absolute Gasteiger partial charge is 0.253 e. The zero-order valence-corrected chi connectivity index (χ0v) is 12.5. The molecule has 0 aliphatic carbocycles. The first-order chi connectivity index (χ1) is 9.10. The summed E-state index contributed by atoms with van der Waals surface area (Å²) in [6, 6.07) is 5.09. The van der Waals surface area contributed by atoms with Gasteiger partial charge < -0.3 is 10.6 Å². The van der Waals surface area contributed by atoms with Crippen molar-refractivity contribution in [2.45, 2.75) is 39.5 Å². The molecule has 3 nitrogen and oxygen atoms in total. The lowest BCUT2D eigenvalue weighted by molar-refractivity contribution is 0.0751. The summed E-state index contributed by atoms with van der Waals surface area (Å²) in [6.07, 6.45) is 4.22. The van der Waals surface area contributed by atoms with Crippen LogP contribution in [0, 0.1) is 0 Å². The summed E-state index contributed by atoms with van der Waals surface area (Å²) < 4.78 is 0. The molecular formula is C15H23ClN2O. The van der Waals surface area contributed by atoms with Gasteiger partial charge in [-0.15, -0.1) is 0 Å². The highest BCUT2D eigenvalue weighted by Crippen LogP contribution is 2.20. The van der Waals surface area contributed by atoms with Crippen LogP contribution in [0.5, 0.6) is 0 Å². The number of nitrogens with zero attached hydrogens (tertiary/aromatic N) is 1. The predicted molar refractivity (Wildman–Crippen MR) is 81.6 cm³/mol. The molecule has 4 heteroatoms. The average Bonchev–Trinajstić information content (AvgIpc) is 2.41. The Morgan fingerprint density at radius 3 is 2.26 bits per heavy atom. The van der Waals surface area contributed by atoms with E-state index in [1.54, 1.807) is 18.2 Å². The van der Waals surface area contributed by atoms with Crippen molar-refractivity contribution in [1.82, 2.24) is 4.90 Å². The van der Waals surface area contributed by atoms with Crippen molar-refractivity contribution in [1.29, 1.82) is 0 Å². The standard InChI is InChI=1S/C15H23ClN2O/c1-3-5-9-18(10-6-4-2)15(19)12-7-8-13(16)14(17)11-12/h7-8,11H,3-6,9-10,17H2,1-2H3. The van der Waals surface area contributed by atoms with Crippen LogP contribution in [0.2, 0.25) is 5.02 Å². The minimum absolute atomic E-state index is 0.0465. The number of unbranched alkanes of at least 4 members (excludes halogenated alkanes) is 2. The number of carbonyl (C=O) groups is 1. The van der Waals surface area contributed by atoms with Crippen LogP contribution in [-0.2, 0) is 0 Å². The normalized spacial score (nSPS) is 10.5. The molecule has 1 aromatic carbocycles. The van der Waals surface area contributed by atoms with E-state index >= 15 is 0 Å². The molecule has 0 saturated carbocycles. The summed E-state index contributed by atoms with van der Waals surface area (Å²) in [5.41, 5.74) is 6.83. The maximum Gasteiger partial charge on any atom is 0.253 e. The summed E-state index contributed by atoms with van der Waals surface area (Å²) in [7, 11) is 0. The van der Waals surface area contributed by atoms with E-state index in [1.807, 2.05) is 4.90 Å².